The molecule has 1 fully saturated rings. The Bertz CT molecular complexity index is 691. The van der Waals surface area contributed by atoms with E-state index in [1.165, 1.54) is 0 Å². The lowest BCUT2D eigenvalue weighted by Crippen LogP contribution is -2.41. The molecule has 0 bridgehead atoms. The van der Waals surface area contributed by atoms with Crippen LogP contribution >= 0.6 is 0 Å². The summed E-state index contributed by atoms with van der Waals surface area (Å²) >= 11 is 0. The Balaban J connectivity index is 1.70. The van der Waals surface area contributed by atoms with E-state index in [2.05, 4.69) is 38.8 Å². The first kappa shape index (κ1) is 18.1. The largest absolute Gasteiger partial charge is 0.490 e. The molecular weight excluding hydrogens is 315 g/mol. The SMILES string of the molecule is Cc1cc(C(=O)N2CC=C(B3OC(C)(C)C(C)(C)O3)CC2)cc(C)n1. The van der Waals surface area contributed by atoms with Crippen LogP contribution in [-0.2, 0) is 9.31 Å². The van der Waals surface area contributed by atoms with Gasteiger partial charge in [0.25, 0.3) is 5.91 Å². The molecule has 0 unspecified atom stereocenters. The van der Waals surface area contributed by atoms with Crippen LogP contribution in [0.3, 0.4) is 0 Å². The fourth-order valence-electron chi connectivity index (χ4n) is 3.22. The lowest BCUT2D eigenvalue weighted by molar-refractivity contribution is 0.00578. The minimum Gasteiger partial charge on any atom is -0.400 e. The molecule has 134 valence electrons. The van der Waals surface area contributed by atoms with Gasteiger partial charge in [0, 0.05) is 30.0 Å². The summed E-state index contributed by atoms with van der Waals surface area (Å²) in [6, 6.07) is 3.70. The second-order valence-corrected chi connectivity index (χ2v) is 8.01. The Morgan fingerprint density at radius 3 is 2.16 bits per heavy atom. The summed E-state index contributed by atoms with van der Waals surface area (Å²) in [6.07, 6.45) is 2.84. The highest BCUT2D eigenvalue weighted by atomic mass is 16.7. The summed E-state index contributed by atoms with van der Waals surface area (Å²) in [5, 5.41) is 0. The van der Waals surface area contributed by atoms with Crippen LogP contribution in [0.25, 0.3) is 0 Å². The minimum atomic E-state index is -0.336. The monoisotopic (exact) mass is 342 g/mol. The first-order valence-corrected chi connectivity index (χ1v) is 8.88. The van der Waals surface area contributed by atoms with Gasteiger partial charge in [-0.3, -0.25) is 9.78 Å². The van der Waals surface area contributed by atoms with E-state index in [4.69, 9.17) is 9.31 Å². The third-order valence-electron chi connectivity index (χ3n) is 5.42. The standard InChI is InChI=1S/C19H27BN2O3/c1-13-11-15(12-14(2)21-13)17(23)22-9-7-16(8-10-22)20-24-18(3,4)19(5,6)25-20/h7,11-12H,8-10H2,1-6H3. The van der Waals surface area contributed by atoms with Crippen LogP contribution in [0.2, 0.25) is 0 Å². The third-order valence-corrected chi connectivity index (χ3v) is 5.42. The fourth-order valence-corrected chi connectivity index (χ4v) is 3.22. The Morgan fingerprint density at radius 2 is 1.68 bits per heavy atom. The molecule has 2 aliphatic rings. The Kier molecular flexibility index (Phi) is 4.54. The maximum atomic E-state index is 12.7. The van der Waals surface area contributed by atoms with Gasteiger partial charge in [-0.05, 0) is 65.6 Å². The van der Waals surface area contributed by atoms with E-state index in [1.54, 1.807) is 0 Å². The molecular formula is C19H27BN2O3. The normalized spacial score (nSPS) is 22.1. The van der Waals surface area contributed by atoms with Crippen LogP contribution in [0.5, 0.6) is 0 Å². The lowest BCUT2D eigenvalue weighted by atomic mass is 9.74. The van der Waals surface area contributed by atoms with E-state index in [1.807, 2.05) is 30.9 Å². The van der Waals surface area contributed by atoms with Crippen LogP contribution in [0, 0.1) is 13.8 Å². The summed E-state index contributed by atoms with van der Waals surface area (Å²) in [5.74, 6) is 0.0535. The predicted molar refractivity (Wildman–Crippen MR) is 98.4 cm³/mol. The number of amides is 1. The molecule has 1 aromatic heterocycles. The Hall–Kier alpha value is -1.66. The van der Waals surface area contributed by atoms with Crippen molar-refractivity contribution in [2.45, 2.75) is 59.2 Å². The highest BCUT2D eigenvalue weighted by Gasteiger charge is 2.52. The summed E-state index contributed by atoms with van der Waals surface area (Å²) in [4.78, 5) is 18.9. The molecule has 25 heavy (non-hydrogen) atoms. The van der Waals surface area contributed by atoms with Crippen molar-refractivity contribution in [1.82, 2.24) is 9.88 Å². The summed E-state index contributed by atoms with van der Waals surface area (Å²) in [6.45, 7) is 13.3. The molecule has 0 spiro atoms. The van der Waals surface area contributed by atoms with Crippen molar-refractivity contribution in [1.29, 1.82) is 0 Å². The molecule has 1 aromatic rings. The zero-order chi connectivity index (χ0) is 18.4. The smallest absolute Gasteiger partial charge is 0.400 e. The van der Waals surface area contributed by atoms with Gasteiger partial charge in [0.15, 0.2) is 0 Å². The van der Waals surface area contributed by atoms with Crippen LogP contribution < -0.4 is 0 Å². The molecule has 3 heterocycles. The highest BCUT2D eigenvalue weighted by molar-refractivity contribution is 6.54. The van der Waals surface area contributed by atoms with Crippen molar-refractivity contribution in [3.63, 3.8) is 0 Å². The van der Waals surface area contributed by atoms with Gasteiger partial charge in [-0.25, -0.2) is 0 Å². The summed E-state index contributed by atoms with van der Waals surface area (Å²) < 4.78 is 12.2. The van der Waals surface area contributed by atoms with Gasteiger partial charge in [0.1, 0.15) is 0 Å². The van der Waals surface area contributed by atoms with E-state index in [0.29, 0.717) is 18.7 Å². The number of aromatic nitrogens is 1. The summed E-state index contributed by atoms with van der Waals surface area (Å²) in [7, 11) is -0.312. The van der Waals surface area contributed by atoms with E-state index in [0.717, 1.165) is 23.3 Å². The van der Waals surface area contributed by atoms with Gasteiger partial charge in [0.05, 0.1) is 11.2 Å². The molecule has 5 nitrogen and oxygen atoms in total. The van der Waals surface area contributed by atoms with E-state index >= 15 is 0 Å². The van der Waals surface area contributed by atoms with Crippen molar-refractivity contribution in [2.75, 3.05) is 13.1 Å². The second kappa shape index (κ2) is 6.25. The molecule has 0 radical (unpaired) electrons. The van der Waals surface area contributed by atoms with Gasteiger partial charge in [-0.2, -0.15) is 0 Å². The van der Waals surface area contributed by atoms with Crippen LogP contribution in [0.4, 0.5) is 0 Å². The molecule has 3 rings (SSSR count). The van der Waals surface area contributed by atoms with Gasteiger partial charge in [0.2, 0.25) is 0 Å². The van der Waals surface area contributed by atoms with Gasteiger partial charge in [-0.1, -0.05) is 6.08 Å². The topological polar surface area (TPSA) is 51.7 Å². The van der Waals surface area contributed by atoms with Crippen molar-refractivity contribution < 1.29 is 14.1 Å². The molecule has 1 amide bonds. The zero-order valence-electron chi connectivity index (χ0n) is 16.0. The number of hydrogen-bond donors (Lipinski definition) is 0. The highest BCUT2D eigenvalue weighted by Crippen LogP contribution is 2.39. The van der Waals surface area contributed by atoms with Crippen molar-refractivity contribution in [2.24, 2.45) is 0 Å². The molecule has 0 atom stereocenters. The van der Waals surface area contributed by atoms with Crippen molar-refractivity contribution in [3.8, 4) is 0 Å². The van der Waals surface area contributed by atoms with E-state index in [9.17, 15) is 4.79 Å². The Morgan fingerprint density at radius 1 is 1.12 bits per heavy atom. The Labute approximate surface area is 150 Å². The zero-order valence-corrected chi connectivity index (χ0v) is 16.0. The number of carbonyl (C=O) groups is 1. The molecule has 0 saturated carbocycles. The quantitative estimate of drug-likeness (QED) is 0.775. The molecule has 0 aliphatic carbocycles. The van der Waals surface area contributed by atoms with Gasteiger partial charge >= 0.3 is 7.12 Å². The number of aryl methyl sites for hydroxylation is 2. The van der Waals surface area contributed by atoms with Crippen molar-refractivity contribution >= 4 is 13.0 Å². The third kappa shape index (κ3) is 3.51. The second-order valence-electron chi connectivity index (χ2n) is 8.01. The minimum absolute atomic E-state index is 0.0535. The maximum absolute atomic E-state index is 12.7. The number of pyridine rings is 1. The first-order chi connectivity index (χ1) is 11.6. The summed E-state index contributed by atoms with van der Waals surface area (Å²) in [5.41, 5.74) is 2.90. The maximum Gasteiger partial charge on any atom is 0.490 e. The molecule has 1 saturated heterocycles. The number of carbonyl (C=O) groups excluding carboxylic acids is 1. The van der Waals surface area contributed by atoms with Crippen LogP contribution in [0.15, 0.2) is 23.7 Å². The van der Waals surface area contributed by atoms with Crippen LogP contribution in [0.1, 0.15) is 55.9 Å². The number of hydrogen-bond acceptors (Lipinski definition) is 4. The van der Waals surface area contributed by atoms with Gasteiger partial charge < -0.3 is 14.2 Å². The average molecular weight is 342 g/mol. The van der Waals surface area contributed by atoms with Crippen LogP contribution in [-0.4, -0.2) is 47.2 Å². The average Bonchev–Trinajstić information content (AvgIpc) is 2.74. The molecule has 2 aliphatic heterocycles. The molecule has 0 N–H and O–H groups in total. The predicted octanol–water partition coefficient (Wildman–Crippen LogP) is 3.10. The molecule has 6 heteroatoms. The van der Waals surface area contributed by atoms with Crippen molar-refractivity contribution in [3.05, 3.63) is 40.6 Å². The lowest BCUT2D eigenvalue weighted by Gasteiger charge is -2.32. The van der Waals surface area contributed by atoms with E-state index < -0.39 is 0 Å². The van der Waals surface area contributed by atoms with E-state index in [-0.39, 0.29) is 24.2 Å². The fraction of sp³-hybridized carbons (Fsp3) is 0.579. The van der Waals surface area contributed by atoms with Gasteiger partial charge in [-0.15, -0.1) is 0 Å². The molecule has 0 aromatic carbocycles. The number of rotatable bonds is 2. The number of nitrogens with zero attached hydrogens (tertiary/aromatic N) is 2. The first-order valence-electron chi connectivity index (χ1n) is 8.88.